The molecule has 1 atom stereocenters. The van der Waals surface area contributed by atoms with Crippen LogP contribution >= 0.6 is 0 Å². The van der Waals surface area contributed by atoms with Crippen molar-refractivity contribution in [3.63, 3.8) is 0 Å². The number of fused-ring (bicyclic) bond motifs is 6. The molecule has 3 saturated heterocycles. The number of hydrogen-bond donors (Lipinski definition) is 0. The van der Waals surface area contributed by atoms with Gasteiger partial charge in [0.15, 0.2) is 0 Å². The molecule has 3 rings (SSSR count). The van der Waals surface area contributed by atoms with Crippen LogP contribution in [0.3, 0.4) is 0 Å². The van der Waals surface area contributed by atoms with Crippen molar-refractivity contribution in [3.8, 4) is 0 Å². The molecule has 3 aliphatic rings. The van der Waals surface area contributed by atoms with E-state index in [1.807, 2.05) is 0 Å². The maximum absolute atomic E-state index is 5.64. The molecule has 3 heterocycles. The molecule has 13 heavy (non-hydrogen) atoms. The minimum atomic E-state index is -2.01. The fraction of sp³-hybridized carbons (Fsp3) is 1.00. The monoisotopic (exact) mass is 252 g/mol. The first-order valence-corrected chi connectivity index (χ1v) is 6.93. The normalized spacial score (nSPS) is 35.8. The molecule has 0 amide bonds. The van der Waals surface area contributed by atoms with Gasteiger partial charge in [0.1, 0.15) is 0 Å². The van der Waals surface area contributed by atoms with Crippen LogP contribution in [0.25, 0.3) is 0 Å². The molecule has 0 aromatic rings. The Bertz CT molecular complexity index is 135. The molecule has 5 nitrogen and oxygen atoms in total. The number of hydrogen-bond acceptors (Lipinski definition) is 4. The molecular weight excluding hydrogens is 235 g/mol. The van der Waals surface area contributed by atoms with E-state index in [2.05, 4.69) is 11.8 Å². The van der Waals surface area contributed by atoms with E-state index in [0.717, 1.165) is 32.8 Å². The van der Waals surface area contributed by atoms with Crippen LogP contribution in [-0.4, -0.2) is 64.7 Å². The van der Waals surface area contributed by atoms with Gasteiger partial charge >= 0.3 is 77.4 Å². The van der Waals surface area contributed by atoms with E-state index in [-0.39, 0.29) is 11.6 Å². The molecule has 0 spiro atoms. The third-order valence-corrected chi connectivity index (χ3v) is 5.16. The van der Waals surface area contributed by atoms with E-state index in [1.165, 1.54) is 0 Å². The second kappa shape index (κ2) is 5.28. The molecule has 1 radical (unpaired) electrons. The Morgan fingerprint density at radius 2 is 1.85 bits per heavy atom. The first kappa shape index (κ1) is 11.4. The summed E-state index contributed by atoms with van der Waals surface area (Å²) in [6, 6.07) is 0. The topological polar surface area (TPSA) is 62.4 Å². The van der Waals surface area contributed by atoms with Gasteiger partial charge in [0.25, 0.3) is 0 Å². The van der Waals surface area contributed by atoms with Crippen LogP contribution in [0.4, 0.5) is 0 Å². The quantitative estimate of drug-likeness (QED) is 0.513. The van der Waals surface area contributed by atoms with Crippen molar-refractivity contribution >= 4 is 15.4 Å². The Morgan fingerprint density at radius 3 is 2.46 bits per heavy atom. The van der Waals surface area contributed by atoms with Crippen molar-refractivity contribution in [3.05, 3.63) is 0 Å². The maximum atomic E-state index is 5.64. The Kier molecular flexibility index (Phi) is 4.64. The molecule has 0 aromatic heterocycles. The predicted octanol–water partition coefficient (Wildman–Crippen LogP) is -1.09. The van der Waals surface area contributed by atoms with E-state index in [4.69, 9.17) is 11.3 Å². The van der Waals surface area contributed by atoms with Crippen molar-refractivity contribution < 1.29 is 16.8 Å². The third kappa shape index (κ3) is 3.19. The summed E-state index contributed by atoms with van der Waals surface area (Å²) in [6.07, 6.45) is 0.278. The van der Waals surface area contributed by atoms with Gasteiger partial charge in [0, 0.05) is 0 Å². The third-order valence-electron chi connectivity index (χ3n) is 2.07. The smallest absolute Gasteiger partial charge is 0.412 e. The van der Waals surface area contributed by atoms with Gasteiger partial charge in [0.2, 0.25) is 0 Å². The van der Waals surface area contributed by atoms with Gasteiger partial charge in [0.05, 0.1) is 0 Å². The first-order valence-electron chi connectivity index (χ1n) is 4.36. The van der Waals surface area contributed by atoms with Crippen LogP contribution in [0, 0.1) is 0 Å². The molecule has 3 fully saturated rings. The zero-order chi connectivity index (χ0) is 8.39. The molecule has 77 valence electrons. The van der Waals surface area contributed by atoms with Gasteiger partial charge in [-0.15, -0.1) is 0 Å². The molecule has 1 unspecified atom stereocenters. The van der Waals surface area contributed by atoms with Crippen molar-refractivity contribution in [2.24, 2.45) is 0 Å². The van der Waals surface area contributed by atoms with Crippen molar-refractivity contribution in [1.82, 2.24) is 4.90 Å². The minimum absolute atomic E-state index is 0. The van der Waals surface area contributed by atoms with Crippen LogP contribution in [0.1, 0.15) is 6.92 Å². The zero-order valence-electron chi connectivity index (χ0n) is 7.78. The fourth-order valence-corrected chi connectivity index (χ4v) is 3.87. The minimum Gasteiger partial charge on any atom is -0.412 e. The molecule has 0 saturated carbocycles. The van der Waals surface area contributed by atoms with Gasteiger partial charge in [-0.1, -0.05) is 0 Å². The second-order valence-electron chi connectivity index (χ2n) is 3.18. The van der Waals surface area contributed by atoms with Gasteiger partial charge in [-0.05, 0) is 0 Å². The molecule has 3 aliphatic heterocycles. The van der Waals surface area contributed by atoms with Gasteiger partial charge < -0.3 is 5.48 Å². The average Bonchev–Trinajstić information content (AvgIpc) is 1.91. The summed E-state index contributed by atoms with van der Waals surface area (Å²) < 4.78 is 16.7. The summed E-state index contributed by atoms with van der Waals surface area (Å²) in [5.74, 6) is 0. The van der Waals surface area contributed by atoms with E-state index in [1.54, 1.807) is 0 Å². The zero-order valence-corrected chi connectivity index (χ0v) is 9.88. The SMILES string of the molecule is CC1CN2CC[O][Ge]([O]CC2)[O]1.O. The van der Waals surface area contributed by atoms with E-state index < -0.39 is 15.4 Å². The Balaban J connectivity index is 0.000000845. The van der Waals surface area contributed by atoms with Crippen LogP contribution < -0.4 is 0 Å². The number of rotatable bonds is 0. The summed E-state index contributed by atoms with van der Waals surface area (Å²) in [4.78, 5) is 2.33. The average molecular weight is 251 g/mol. The molecule has 0 aliphatic carbocycles. The molecule has 2 N–H and O–H groups in total. The van der Waals surface area contributed by atoms with Crippen molar-refractivity contribution in [2.45, 2.75) is 13.0 Å². The molecule has 0 aromatic carbocycles. The summed E-state index contributed by atoms with van der Waals surface area (Å²) in [5, 5.41) is 0. The Morgan fingerprint density at radius 1 is 1.23 bits per heavy atom. The predicted molar refractivity (Wildman–Crippen MR) is 48.3 cm³/mol. The van der Waals surface area contributed by atoms with E-state index in [0.29, 0.717) is 0 Å². The molecular formula is C7H16GeNO4. The van der Waals surface area contributed by atoms with Crippen LogP contribution in [0.15, 0.2) is 0 Å². The Hall–Kier alpha value is 0.343. The Labute approximate surface area is 83.4 Å². The van der Waals surface area contributed by atoms with Gasteiger partial charge in [-0.25, -0.2) is 0 Å². The molecule has 2 bridgehead atoms. The van der Waals surface area contributed by atoms with Crippen molar-refractivity contribution in [1.29, 1.82) is 0 Å². The van der Waals surface area contributed by atoms with Gasteiger partial charge in [-0.3, -0.25) is 0 Å². The second-order valence-corrected chi connectivity index (χ2v) is 5.93. The standard InChI is InChI=1S/C7H14GeNO3.H2O/c1-7-6-9-2-4-10-8(12-7)11-5-3-9;/h7H,2-6H2,1H3;1H2. The maximum Gasteiger partial charge on any atom is -0.412 e. The number of nitrogens with zero attached hydrogens (tertiary/aromatic N) is 1. The summed E-state index contributed by atoms with van der Waals surface area (Å²) >= 11 is -2.01. The van der Waals surface area contributed by atoms with Gasteiger partial charge in [-0.2, -0.15) is 0 Å². The van der Waals surface area contributed by atoms with E-state index in [9.17, 15) is 0 Å². The van der Waals surface area contributed by atoms with Crippen LogP contribution in [-0.2, 0) is 11.3 Å². The van der Waals surface area contributed by atoms with Crippen molar-refractivity contribution in [2.75, 3.05) is 32.8 Å². The summed E-state index contributed by atoms with van der Waals surface area (Å²) in [6.45, 7) is 6.75. The van der Waals surface area contributed by atoms with E-state index >= 15 is 0 Å². The summed E-state index contributed by atoms with van der Waals surface area (Å²) in [5.41, 5.74) is 0. The first-order chi connectivity index (χ1) is 5.84. The largest absolute Gasteiger partial charge is 0.412 e. The van der Waals surface area contributed by atoms with Crippen LogP contribution in [0.2, 0.25) is 0 Å². The summed E-state index contributed by atoms with van der Waals surface area (Å²) in [7, 11) is 0. The van der Waals surface area contributed by atoms with Crippen LogP contribution in [0.5, 0.6) is 0 Å². The fourth-order valence-electron chi connectivity index (χ4n) is 1.49. The molecule has 6 heteroatoms.